The van der Waals surface area contributed by atoms with E-state index in [-0.39, 0.29) is 29.5 Å². The van der Waals surface area contributed by atoms with Crippen molar-refractivity contribution in [3.63, 3.8) is 0 Å². The summed E-state index contributed by atoms with van der Waals surface area (Å²) in [6.07, 6.45) is 0.744. The number of esters is 1. The van der Waals surface area contributed by atoms with E-state index in [1.807, 2.05) is 0 Å². The first-order valence-corrected chi connectivity index (χ1v) is 10.4. The maximum absolute atomic E-state index is 12.6. The smallest absolute Gasteiger partial charge is 0.343 e. The largest absolute Gasteiger partial charge is 0.493 e. The van der Waals surface area contributed by atoms with Gasteiger partial charge in [0.1, 0.15) is 11.7 Å². The molecule has 2 N–H and O–H groups in total. The standard InChI is InChI=1S/C22H19N3O6S/c1-29-15-7-6-14-16(31-21(28)18(14)19(15)30-2)11-17(26)24-13-5-3-4-12(10-13)20(27)25-22-23-8-9-32-22/h3-10,16H,11H2,1-2H3,(H,24,26)(H,23,25,27)/t16-/m1/s1. The van der Waals surface area contributed by atoms with E-state index in [1.54, 1.807) is 48.0 Å². The Balaban J connectivity index is 1.45. The van der Waals surface area contributed by atoms with Crippen LogP contribution in [0.5, 0.6) is 11.5 Å². The van der Waals surface area contributed by atoms with Gasteiger partial charge in [-0.1, -0.05) is 12.1 Å². The molecule has 32 heavy (non-hydrogen) atoms. The van der Waals surface area contributed by atoms with Gasteiger partial charge in [-0.25, -0.2) is 9.78 Å². The van der Waals surface area contributed by atoms with Crippen LogP contribution in [0.3, 0.4) is 0 Å². The highest BCUT2D eigenvalue weighted by molar-refractivity contribution is 7.13. The number of rotatable bonds is 7. The number of fused-ring (bicyclic) bond motifs is 1. The average Bonchev–Trinajstić information content (AvgIpc) is 3.41. The SMILES string of the molecule is COc1ccc2c(c1OC)C(=O)O[C@@H]2CC(=O)Nc1cccc(C(=O)Nc2nccs2)c1. The van der Waals surface area contributed by atoms with E-state index in [1.165, 1.54) is 25.6 Å². The molecule has 2 amide bonds. The van der Waals surface area contributed by atoms with Gasteiger partial charge in [0.25, 0.3) is 5.91 Å². The summed E-state index contributed by atoms with van der Waals surface area (Å²) >= 11 is 1.31. The van der Waals surface area contributed by atoms with E-state index in [2.05, 4.69) is 15.6 Å². The minimum atomic E-state index is -0.756. The van der Waals surface area contributed by atoms with Crippen molar-refractivity contribution < 1.29 is 28.6 Å². The maximum atomic E-state index is 12.6. The third-order valence-electron chi connectivity index (χ3n) is 4.81. The van der Waals surface area contributed by atoms with Crippen molar-refractivity contribution in [2.24, 2.45) is 0 Å². The molecular weight excluding hydrogens is 434 g/mol. The van der Waals surface area contributed by atoms with Crippen LogP contribution in [0.15, 0.2) is 48.0 Å². The molecule has 0 radical (unpaired) electrons. The summed E-state index contributed by atoms with van der Waals surface area (Å²) < 4.78 is 15.9. The Hall–Kier alpha value is -3.92. The number of hydrogen-bond acceptors (Lipinski definition) is 8. The number of nitrogens with zero attached hydrogens (tertiary/aromatic N) is 1. The Bertz CT molecular complexity index is 1180. The van der Waals surface area contributed by atoms with Crippen molar-refractivity contribution in [3.05, 3.63) is 64.7 Å². The molecule has 2 heterocycles. The molecule has 0 bridgehead atoms. The highest BCUT2D eigenvalue weighted by Gasteiger charge is 2.36. The van der Waals surface area contributed by atoms with E-state index in [0.29, 0.717) is 27.7 Å². The van der Waals surface area contributed by atoms with Gasteiger partial charge in [-0.15, -0.1) is 11.3 Å². The number of nitrogens with one attached hydrogen (secondary N) is 2. The summed E-state index contributed by atoms with van der Waals surface area (Å²) in [7, 11) is 2.91. The lowest BCUT2D eigenvalue weighted by Crippen LogP contribution is -2.17. The zero-order valence-corrected chi connectivity index (χ0v) is 18.0. The van der Waals surface area contributed by atoms with Crippen molar-refractivity contribution >= 4 is 39.9 Å². The van der Waals surface area contributed by atoms with Crippen LogP contribution in [0.25, 0.3) is 0 Å². The van der Waals surface area contributed by atoms with Gasteiger partial charge in [-0.05, 0) is 24.3 Å². The molecule has 0 fully saturated rings. The second-order valence-electron chi connectivity index (χ2n) is 6.78. The molecule has 0 saturated carbocycles. The van der Waals surface area contributed by atoms with Gasteiger partial charge in [0.2, 0.25) is 5.91 Å². The van der Waals surface area contributed by atoms with Gasteiger partial charge < -0.3 is 19.5 Å². The van der Waals surface area contributed by atoms with Crippen LogP contribution >= 0.6 is 11.3 Å². The Morgan fingerprint density at radius 3 is 2.72 bits per heavy atom. The molecule has 0 unspecified atom stereocenters. The number of ether oxygens (including phenoxy) is 3. The van der Waals surface area contributed by atoms with Crippen LogP contribution in [0.4, 0.5) is 10.8 Å². The predicted molar refractivity (Wildman–Crippen MR) is 117 cm³/mol. The second kappa shape index (κ2) is 9.06. The maximum Gasteiger partial charge on any atom is 0.343 e. The molecule has 164 valence electrons. The third kappa shape index (κ3) is 4.26. The zero-order valence-electron chi connectivity index (χ0n) is 17.2. The molecule has 1 aliphatic rings. The lowest BCUT2D eigenvalue weighted by atomic mass is 10.0. The van der Waals surface area contributed by atoms with Gasteiger partial charge in [0, 0.05) is 28.4 Å². The number of hydrogen-bond donors (Lipinski definition) is 2. The van der Waals surface area contributed by atoms with Gasteiger partial charge in [-0.2, -0.15) is 0 Å². The molecule has 4 rings (SSSR count). The summed E-state index contributed by atoms with van der Waals surface area (Å²) in [6.45, 7) is 0. The van der Waals surface area contributed by atoms with Crippen LogP contribution in [0, 0.1) is 0 Å². The summed E-state index contributed by atoms with van der Waals surface area (Å²) in [4.78, 5) is 41.4. The first-order valence-electron chi connectivity index (χ1n) is 9.56. The lowest BCUT2D eigenvalue weighted by Gasteiger charge is -2.13. The Kier molecular flexibility index (Phi) is 6.04. The predicted octanol–water partition coefficient (Wildman–Crippen LogP) is 3.65. The molecule has 1 atom stereocenters. The highest BCUT2D eigenvalue weighted by Crippen LogP contribution is 2.43. The van der Waals surface area contributed by atoms with Crippen molar-refractivity contribution in [2.75, 3.05) is 24.9 Å². The minimum Gasteiger partial charge on any atom is -0.493 e. The quantitative estimate of drug-likeness (QED) is 0.525. The van der Waals surface area contributed by atoms with Gasteiger partial charge in [0.15, 0.2) is 16.6 Å². The fraction of sp³-hybridized carbons (Fsp3) is 0.182. The fourth-order valence-electron chi connectivity index (χ4n) is 3.40. The molecular formula is C22H19N3O6S. The Labute approximate surface area is 187 Å². The molecule has 3 aromatic rings. The minimum absolute atomic E-state index is 0.0935. The third-order valence-corrected chi connectivity index (χ3v) is 5.50. The fourth-order valence-corrected chi connectivity index (χ4v) is 3.92. The number of aromatic nitrogens is 1. The van der Waals surface area contributed by atoms with Crippen LogP contribution < -0.4 is 20.1 Å². The first-order chi connectivity index (χ1) is 15.5. The monoisotopic (exact) mass is 453 g/mol. The second-order valence-corrected chi connectivity index (χ2v) is 7.68. The molecule has 0 saturated heterocycles. The molecule has 1 aromatic heterocycles. The summed E-state index contributed by atoms with van der Waals surface area (Å²) in [5.41, 5.74) is 1.62. The van der Waals surface area contributed by atoms with E-state index >= 15 is 0 Å². The number of carbonyl (C=O) groups excluding carboxylic acids is 3. The number of amides is 2. The number of methoxy groups -OCH3 is 2. The summed E-state index contributed by atoms with van der Waals surface area (Å²) in [5.74, 6) is -0.606. The highest BCUT2D eigenvalue weighted by atomic mass is 32.1. The number of carbonyl (C=O) groups is 3. The van der Waals surface area contributed by atoms with Gasteiger partial charge in [0.05, 0.1) is 20.6 Å². The molecule has 0 aliphatic carbocycles. The van der Waals surface area contributed by atoms with E-state index in [9.17, 15) is 14.4 Å². The molecule has 10 heteroatoms. The Morgan fingerprint density at radius 2 is 2.00 bits per heavy atom. The normalized spacial score (nSPS) is 14.3. The topological polar surface area (TPSA) is 116 Å². The number of thiazole rings is 1. The van der Waals surface area contributed by atoms with E-state index < -0.39 is 12.1 Å². The van der Waals surface area contributed by atoms with Crippen molar-refractivity contribution in [1.82, 2.24) is 4.98 Å². The van der Waals surface area contributed by atoms with E-state index in [0.717, 1.165) is 0 Å². The van der Waals surface area contributed by atoms with Crippen molar-refractivity contribution in [3.8, 4) is 11.5 Å². The number of cyclic esters (lactones) is 1. The number of benzene rings is 2. The van der Waals surface area contributed by atoms with Crippen molar-refractivity contribution in [2.45, 2.75) is 12.5 Å². The first kappa shape index (κ1) is 21.3. The van der Waals surface area contributed by atoms with Gasteiger partial charge >= 0.3 is 5.97 Å². The molecule has 2 aromatic carbocycles. The van der Waals surface area contributed by atoms with Gasteiger partial charge in [-0.3, -0.25) is 14.9 Å². The lowest BCUT2D eigenvalue weighted by molar-refractivity contribution is -0.118. The van der Waals surface area contributed by atoms with Crippen LogP contribution in [-0.2, 0) is 9.53 Å². The summed E-state index contributed by atoms with van der Waals surface area (Å²) in [6, 6.07) is 9.86. The molecule has 1 aliphatic heterocycles. The molecule has 0 spiro atoms. The average molecular weight is 453 g/mol. The van der Waals surface area contributed by atoms with Crippen LogP contribution in [0.2, 0.25) is 0 Å². The summed E-state index contributed by atoms with van der Waals surface area (Å²) in [5, 5.41) is 7.67. The molecule has 9 nitrogen and oxygen atoms in total. The van der Waals surface area contributed by atoms with Crippen LogP contribution in [0.1, 0.15) is 38.8 Å². The zero-order chi connectivity index (χ0) is 22.7. The van der Waals surface area contributed by atoms with E-state index in [4.69, 9.17) is 14.2 Å². The Morgan fingerprint density at radius 1 is 1.16 bits per heavy atom. The van der Waals surface area contributed by atoms with Crippen LogP contribution in [-0.4, -0.2) is 37.0 Å². The van der Waals surface area contributed by atoms with Crippen molar-refractivity contribution in [1.29, 1.82) is 0 Å². The number of anilines is 2.